The van der Waals surface area contributed by atoms with Crippen LogP contribution in [-0.4, -0.2) is 0 Å². The van der Waals surface area contributed by atoms with E-state index in [1.54, 1.807) is 5.57 Å². The quantitative estimate of drug-likeness (QED) is 0.533. The third-order valence-corrected chi connectivity index (χ3v) is 2.72. The Morgan fingerprint density at radius 1 is 1.42 bits per heavy atom. The van der Waals surface area contributed by atoms with Gasteiger partial charge >= 0.3 is 0 Å². The fourth-order valence-corrected chi connectivity index (χ4v) is 1.36. The second kappa shape index (κ2) is 5.18. The Morgan fingerprint density at radius 3 is 2.33 bits per heavy atom. The van der Waals surface area contributed by atoms with Gasteiger partial charge in [0, 0.05) is 0 Å². The normalized spacial score (nSPS) is 13.2. The van der Waals surface area contributed by atoms with Crippen LogP contribution in [0.1, 0.15) is 47.0 Å². The highest BCUT2D eigenvalue weighted by atomic mass is 14.2. The highest BCUT2D eigenvalue weighted by Gasteiger charge is 2.18. The van der Waals surface area contributed by atoms with Crippen molar-refractivity contribution in [2.75, 3.05) is 0 Å². The van der Waals surface area contributed by atoms with Gasteiger partial charge in [0.2, 0.25) is 0 Å². The molecular weight excluding hydrogens is 144 g/mol. The van der Waals surface area contributed by atoms with Crippen LogP contribution in [0, 0.1) is 5.41 Å². The van der Waals surface area contributed by atoms with E-state index < -0.39 is 0 Å². The van der Waals surface area contributed by atoms with E-state index in [0.717, 1.165) is 6.42 Å². The van der Waals surface area contributed by atoms with Gasteiger partial charge in [-0.2, -0.15) is 0 Å². The van der Waals surface area contributed by atoms with Gasteiger partial charge in [-0.15, -0.1) is 6.58 Å². The van der Waals surface area contributed by atoms with Crippen molar-refractivity contribution in [1.29, 1.82) is 0 Å². The van der Waals surface area contributed by atoms with Gasteiger partial charge in [-0.25, -0.2) is 0 Å². The van der Waals surface area contributed by atoms with Crippen LogP contribution >= 0.6 is 0 Å². The molecule has 12 heavy (non-hydrogen) atoms. The smallest absolute Gasteiger partial charge is 0.0147 e. The van der Waals surface area contributed by atoms with Crippen LogP contribution in [0.4, 0.5) is 0 Å². The van der Waals surface area contributed by atoms with E-state index in [0.29, 0.717) is 5.41 Å². The SMILES string of the molecule is C=CCCC(=CC)C(C)(C)CC. The van der Waals surface area contributed by atoms with E-state index in [1.165, 1.54) is 12.8 Å². The van der Waals surface area contributed by atoms with Crippen LogP contribution in [-0.2, 0) is 0 Å². The highest BCUT2D eigenvalue weighted by molar-refractivity contribution is 5.11. The molecule has 0 atom stereocenters. The first kappa shape index (κ1) is 11.5. The maximum absolute atomic E-state index is 3.75. The van der Waals surface area contributed by atoms with Gasteiger partial charge in [-0.05, 0) is 31.6 Å². The van der Waals surface area contributed by atoms with E-state index in [9.17, 15) is 0 Å². The summed E-state index contributed by atoms with van der Waals surface area (Å²) in [7, 11) is 0. The summed E-state index contributed by atoms with van der Waals surface area (Å²) in [6, 6.07) is 0. The van der Waals surface area contributed by atoms with Gasteiger partial charge in [0.1, 0.15) is 0 Å². The van der Waals surface area contributed by atoms with Crippen LogP contribution in [0.25, 0.3) is 0 Å². The van der Waals surface area contributed by atoms with Crippen LogP contribution in [0.3, 0.4) is 0 Å². The molecule has 0 aromatic rings. The lowest BCUT2D eigenvalue weighted by Crippen LogP contribution is -2.13. The minimum absolute atomic E-state index is 0.373. The first-order valence-corrected chi connectivity index (χ1v) is 4.85. The van der Waals surface area contributed by atoms with Crippen molar-refractivity contribution in [3.8, 4) is 0 Å². The summed E-state index contributed by atoms with van der Waals surface area (Å²) in [6.07, 6.45) is 7.73. The number of hydrogen-bond acceptors (Lipinski definition) is 0. The maximum Gasteiger partial charge on any atom is -0.0147 e. The van der Waals surface area contributed by atoms with E-state index >= 15 is 0 Å². The van der Waals surface area contributed by atoms with Gasteiger partial charge < -0.3 is 0 Å². The second-order valence-electron chi connectivity index (χ2n) is 3.88. The largest absolute Gasteiger partial charge is 0.103 e. The molecule has 0 saturated heterocycles. The molecule has 0 heteroatoms. The molecule has 0 rings (SSSR count). The Bertz CT molecular complexity index is 161. The molecule has 0 heterocycles. The summed E-state index contributed by atoms with van der Waals surface area (Å²) >= 11 is 0. The molecule has 0 nitrogen and oxygen atoms in total. The molecule has 0 amide bonds. The van der Waals surface area contributed by atoms with Crippen molar-refractivity contribution in [3.05, 3.63) is 24.3 Å². The summed E-state index contributed by atoms with van der Waals surface area (Å²) in [6.45, 7) is 12.8. The Morgan fingerprint density at radius 2 is 2.00 bits per heavy atom. The second-order valence-corrected chi connectivity index (χ2v) is 3.88. The van der Waals surface area contributed by atoms with E-state index in [1.807, 2.05) is 6.08 Å². The van der Waals surface area contributed by atoms with Crippen LogP contribution in [0.5, 0.6) is 0 Å². The third-order valence-electron chi connectivity index (χ3n) is 2.72. The molecule has 0 N–H and O–H groups in total. The van der Waals surface area contributed by atoms with E-state index in [-0.39, 0.29) is 0 Å². The van der Waals surface area contributed by atoms with Gasteiger partial charge in [-0.3, -0.25) is 0 Å². The van der Waals surface area contributed by atoms with Gasteiger partial charge in [0.15, 0.2) is 0 Å². The summed E-state index contributed by atoms with van der Waals surface area (Å²) in [5.74, 6) is 0. The molecule has 0 aliphatic carbocycles. The molecule has 0 aliphatic rings. The average molecular weight is 166 g/mol. The average Bonchev–Trinajstić information content (AvgIpc) is 2.05. The topological polar surface area (TPSA) is 0 Å². The lowest BCUT2D eigenvalue weighted by molar-refractivity contribution is 0.413. The zero-order valence-corrected chi connectivity index (χ0v) is 8.98. The third kappa shape index (κ3) is 3.25. The van der Waals surface area contributed by atoms with Crippen LogP contribution < -0.4 is 0 Å². The van der Waals surface area contributed by atoms with Crippen molar-refractivity contribution < 1.29 is 0 Å². The van der Waals surface area contributed by atoms with Gasteiger partial charge in [0.05, 0.1) is 0 Å². The molecule has 0 aromatic carbocycles. The fraction of sp³-hybridized carbons (Fsp3) is 0.667. The Labute approximate surface area is 77.4 Å². The lowest BCUT2D eigenvalue weighted by atomic mass is 9.79. The van der Waals surface area contributed by atoms with E-state index in [4.69, 9.17) is 0 Å². The van der Waals surface area contributed by atoms with Crippen LogP contribution in [0.15, 0.2) is 24.3 Å². The molecule has 0 aliphatic heterocycles. The van der Waals surface area contributed by atoms with Crippen LogP contribution in [0.2, 0.25) is 0 Å². The summed E-state index contributed by atoms with van der Waals surface area (Å²) < 4.78 is 0. The first-order chi connectivity index (χ1) is 5.58. The molecule has 0 fully saturated rings. The standard InChI is InChI=1S/C12H22/c1-6-9-10-11(7-2)12(4,5)8-3/h6-7H,1,8-10H2,2-5H3. The predicted octanol–water partition coefficient (Wildman–Crippen LogP) is 4.34. The molecular formula is C12H22. The minimum Gasteiger partial charge on any atom is -0.103 e. The molecule has 0 bridgehead atoms. The highest BCUT2D eigenvalue weighted by Crippen LogP contribution is 2.32. The molecule has 0 spiro atoms. The summed E-state index contributed by atoms with van der Waals surface area (Å²) in [5, 5.41) is 0. The van der Waals surface area contributed by atoms with Crippen molar-refractivity contribution in [2.24, 2.45) is 5.41 Å². The summed E-state index contributed by atoms with van der Waals surface area (Å²) in [5.41, 5.74) is 1.93. The number of allylic oxidation sites excluding steroid dienone is 3. The fourth-order valence-electron chi connectivity index (χ4n) is 1.36. The van der Waals surface area contributed by atoms with Crippen molar-refractivity contribution in [2.45, 2.75) is 47.0 Å². The molecule has 70 valence electrons. The summed E-state index contributed by atoms with van der Waals surface area (Å²) in [4.78, 5) is 0. The lowest BCUT2D eigenvalue weighted by Gasteiger charge is -2.26. The molecule has 0 unspecified atom stereocenters. The monoisotopic (exact) mass is 166 g/mol. The van der Waals surface area contributed by atoms with Crippen molar-refractivity contribution >= 4 is 0 Å². The number of hydrogen-bond donors (Lipinski definition) is 0. The minimum atomic E-state index is 0.373. The van der Waals surface area contributed by atoms with E-state index in [2.05, 4.69) is 40.3 Å². The molecule has 0 saturated carbocycles. The molecule has 0 radical (unpaired) electrons. The Balaban J connectivity index is 4.25. The van der Waals surface area contributed by atoms with Crippen molar-refractivity contribution in [1.82, 2.24) is 0 Å². The molecule has 0 aromatic heterocycles. The predicted molar refractivity (Wildman–Crippen MR) is 57.3 cm³/mol. The maximum atomic E-state index is 3.75. The Kier molecular flexibility index (Phi) is 4.96. The Hall–Kier alpha value is -0.520. The van der Waals surface area contributed by atoms with Gasteiger partial charge in [-0.1, -0.05) is 38.5 Å². The first-order valence-electron chi connectivity index (χ1n) is 4.85. The zero-order valence-electron chi connectivity index (χ0n) is 8.98. The van der Waals surface area contributed by atoms with Gasteiger partial charge in [0.25, 0.3) is 0 Å². The zero-order chi connectivity index (χ0) is 9.61. The number of rotatable bonds is 5. The van der Waals surface area contributed by atoms with Crippen molar-refractivity contribution in [3.63, 3.8) is 0 Å².